The summed E-state index contributed by atoms with van der Waals surface area (Å²) >= 11 is 0. The van der Waals surface area contributed by atoms with Crippen LogP contribution in [0.3, 0.4) is 0 Å². The predicted octanol–water partition coefficient (Wildman–Crippen LogP) is 2.50. The lowest BCUT2D eigenvalue weighted by atomic mass is 10.1. The Morgan fingerprint density at radius 1 is 1.44 bits per heavy atom. The van der Waals surface area contributed by atoms with Crippen LogP contribution in [0, 0.1) is 5.92 Å². The van der Waals surface area contributed by atoms with E-state index in [9.17, 15) is 0 Å². The maximum Gasteiger partial charge on any atom is 0.131 e. The number of rotatable bonds is 3. The fourth-order valence-corrected chi connectivity index (χ4v) is 3.07. The molecule has 1 N–H and O–H groups in total. The summed E-state index contributed by atoms with van der Waals surface area (Å²) in [7, 11) is 0. The molecule has 0 amide bonds. The number of pyridine rings is 1. The molecule has 16 heavy (non-hydrogen) atoms. The summed E-state index contributed by atoms with van der Waals surface area (Å²) in [5.41, 5.74) is 0. The third-order valence-electron chi connectivity index (χ3n) is 3.80. The Morgan fingerprint density at radius 3 is 3.06 bits per heavy atom. The van der Waals surface area contributed by atoms with E-state index < -0.39 is 0 Å². The highest BCUT2D eigenvalue weighted by molar-refractivity contribution is 5.49. The molecule has 1 aliphatic heterocycles. The summed E-state index contributed by atoms with van der Waals surface area (Å²) in [6.45, 7) is 4.25. The lowest BCUT2D eigenvalue weighted by Gasteiger charge is -2.28. The molecular weight excluding hydrogens is 198 g/mol. The van der Waals surface area contributed by atoms with Crippen molar-refractivity contribution in [1.82, 2.24) is 4.98 Å². The minimum absolute atomic E-state index is 0.759. The Balaban J connectivity index is 1.81. The van der Waals surface area contributed by atoms with Gasteiger partial charge in [0.05, 0.1) is 0 Å². The number of nitrogens with zero attached hydrogens (tertiary/aromatic N) is 2. The molecule has 3 nitrogen and oxygen atoms in total. The third kappa shape index (κ3) is 1.64. The summed E-state index contributed by atoms with van der Waals surface area (Å²) in [6, 6.07) is 7.05. The zero-order valence-electron chi connectivity index (χ0n) is 9.82. The molecule has 86 valence electrons. The molecule has 2 unspecified atom stereocenters. The molecule has 2 fully saturated rings. The minimum atomic E-state index is 0.759. The van der Waals surface area contributed by atoms with E-state index in [4.69, 9.17) is 0 Å². The Labute approximate surface area is 96.9 Å². The molecule has 1 aromatic rings. The van der Waals surface area contributed by atoms with Gasteiger partial charge in [-0.2, -0.15) is 0 Å². The van der Waals surface area contributed by atoms with Crippen LogP contribution in [-0.4, -0.2) is 24.1 Å². The fraction of sp³-hybridized carbons (Fsp3) is 0.615. The predicted molar refractivity (Wildman–Crippen MR) is 66.9 cm³/mol. The van der Waals surface area contributed by atoms with Gasteiger partial charge in [0.1, 0.15) is 11.6 Å². The lowest BCUT2D eigenvalue weighted by Crippen LogP contribution is -2.32. The molecule has 2 bridgehead atoms. The second-order valence-electron chi connectivity index (χ2n) is 4.90. The maximum atomic E-state index is 4.68. The second-order valence-corrected chi connectivity index (χ2v) is 4.90. The lowest BCUT2D eigenvalue weighted by molar-refractivity contribution is 0.550. The maximum absolute atomic E-state index is 4.68. The van der Waals surface area contributed by atoms with Crippen LogP contribution in [0.4, 0.5) is 11.6 Å². The topological polar surface area (TPSA) is 28.2 Å². The zero-order chi connectivity index (χ0) is 11.0. The van der Waals surface area contributed by atoms with Crippen LogP contribution < -0.4 is 10.2 Å². The molecule has 1 aliphatic carbocycles. The highest BCUT2D eigenvalue weighted by Crippen LogP contribution is 2.39. The van der Waals surface area contributed by atoms with Crippen molar-refractivity contribution < 1.29 is 0 Å². The molecule has 0 aromatic carbocycles. The Hall–Kier alpha value is -1.25. The molecule has 1 saturated heterocycles. The van der Waals surface area contributed by atoms with Crippen LogP contribution in [0.15, 0.2) is 18.2 Å². The summed E-state index contributed by atoms with van der Waals surface area (Å²) < 4.78 is 0. The largest absolute Gasteiger partial charge is 0.370 e. The Kier molecular flexibility index (Phi) is 2.46. The molecule has 3 rings (SSSR count). The molecular formula is C13H19N3. The Morgan fingerprint density at radius 2 is 2.38 bits per heavy atom. The molecule has 1 saturated carbocycles. The van der Waals surface area contributed by atoms with E-state index in [-0.39, 0.29) is 0 Å². The average molecular weight is 217 g/mol. The van der Waals surface area contributed by atoms with E-state index in [1.807, 2.05) is 6.07 Å². The van der Waals surface area contributed by atoms with Crippen LogP contribution >= 0.6 is 0 Å². The number of anilines is 2. The standard InChI is InChI=1S/C13H19N3/c1-2-14-12-4-3-5-13(15-12)16-9-10-6-7-11(16)8-10/h3-5,10-11H,2,6-9H2,1H3,(H,14,15). The number of hydrogen-bond acceptors (Lipinski definition) is 3. The van der Waals surface area contributed by atoms with Gasteiger partial charge < -0.3 is 10.2 Å². The molecule has 2 atom stereocenters. The van der Waals surface area contributed by atoms with Gasteiger partial charge >= 0.3 is 0 Å². The van der Waals surface area contributed by atoms with E-state index in [2.05, 4.69) is 34.3 Å². The van der Waals surface area contributed by atoms with E-state index in [0.717, 1.165) is 30.1 Å². The van der Waals surface area contributed by atoms with E-state index >= 15 is 0 Å². The summed E-state index contributed by atoms with van der Waals surface area (Å²) in [6.07, 6.45) is 4.17. The van der Waals surface area contributed by atoms with Crippen LogP contribution in [-0.2, 0) is 0 Å². The summed E-state index contributed by atoms with van der Waals surface area (Å²) in [4.78, 5) is 7.17. The van der Waals surface area contributed by atoms with Crippen molar-refractivity contribution in [2.75, 3.05) is 23.3 Å². The van der Waals surface area contributed by atoms with Crippen molar-refractivity contribution in [3.63, 3.8) is 0 Å². The van der Waals surface area contributed by atoms with Crippen LogP contribution in [0.5, 0.6) is 0 Å². The van der Waals surface area contributed by atoms with Gasteiger partial charge in [0.25, 0.3) is 0 Å². The minimum Gasteiger partial charge on any atom is -0.370 e. The molecule has 0 radical (unpaired) electrons. The van der Waals surface area contributed by atoms with Crippen LogP contribution in [0.2, 0.25) is 0 Å². The van der Waals surface area contributed by atoms with Gasteiger partial charge in [0, 0.05) is 19.1 Å². The number of piperidine rings is 1. The van der Waals surface area contributed by atoms with Gasteiger partial charge in [-0.25, -0.2) is 4.98 Å². The highest BCUT2D eigenvalue weighted by Gasteiger charge is 2.38. The quantitative estimate of drug-likeness (QED) is 0.843. The monoisotopic (exact) mass is 217 g/mol. The van der Waals surface area contributed by atoms with Crippen molar-refractivity contribution in [2.24, 2.45) is 5.92 Å². The van der Waals surface area contributed by atoms with E-state index in [0.29, 0.717) is 0 Å². The first kappa shape index (κ1) is 9.94. The second kappa shape index (κ2) is 3.96. The van der Waals surface area contributed by atoms with Gasteiger partial charge in [-0.05, 0) is 44.2 Å². The normalized spacial score (nSPS) is 27.4. The average Bonchev–Trinajstić information content (AvgIpc) is 2.91. The van der Waals surface area contributed by atoms with E-state index in [1.54, 1.807) is 0 Å². The number of aromatic nitrogens is 1. The molecule has 0 spiro atoms. The molecule has 2 aliphatic rings. The van der Waals surface area contributed by atoms with Crippen molar-refractivity contribution in [3.8, 4) is 0 Å². The van der Waals surface area contributed by atoms with Crippen molar-refractivity contribution >= 4 is 11.6 Å². The first-order valence-electron chi connectivity index (χ1n) is 6.34. The Bertz CT molecular complexity index is 377. The summed E-state index contributed by atoms with van der Waals surface area (Å²) in [5, 5.41) is 3.28. The fourth-order valence-electron chi connectivity index (χ4n) is 3.07. The smallest absolute Gasteiger partial charge is 0.131 e. The SMILES string of the molecule is CCNc1cccc(N2CC3CCC2C3)n1. The van der Waals surface area contributed by atoms with Crippen molar-refractivity contribution in [2.45, 2.75) is 32.2 Å². The van der Waals surface area contributed by atoms with Gasteiger partial charge in [-0.15, -0.1) is 0 Å². The van der Waals surface area contributed by atoms with Gasteiger partial charge in [0.2, 0.25) is 0 Å². The van der Waals surface area contributed by atoms with Crippen molar-refractivity contribution in [1.29, 1.82) is 0 Å². The van der Waals surface area contributed by atoms with Gasteiger partial charge in [-0.1, -0.05) is 6.07 Å². The van der Waals surface area contributed by atoms with Gasteiger partial charge in [-0.3, -0.25) is 0 Å². The molecule has 2 heterocycles. The van der Waals surface area contributed by atoms with Gasteiger partial charge in [0.15, 0.2) is 0 Å². The highest BCUT2D eigenvalue weighted by atomic mass is 15.3. The molecule has 3 heteroatoms. The van der Waals surface area contributed by atoms with E-state index in [1.165, 1.54) is 25.8 Å². The number of hydrogen-bond donors (Lipinski definition) is 1. The van der Waals surface area contributed by atoms with Crippen LogP contribution in [0.25, 0.3) is 0 Å². The van der Waals surface area contributed by atoms with Crippen molar-refractivity contribution in [3.05, 3.63) is 18.2 Å². The first-order chi connectivity index (χ1) is 7.86. The third-order valence-corrected chi connectivity index (χ3v) is 3.80. The number of fused-ring (bicyclic) bond motifs is 2. The molecule has 1 aromatic heterocycles. The summed E-state index contributed by atoms with van der Waals surface area (Å²) in [5.74, 6) is 3.09. The van der Waals surface area contributed by atoms with Crippen LogP contribution in [0.1, 0.15) is 26.2 Å². The number of nitrogens with one attached hydrogen (secondary N) is 1. The zero-order valence-corrected chi connectivity index (χ0v) is 9.82. The first-order valence-corrected chi connectivity index (χ1v) is 6.34.